The van der Waals surface area contributed by atoms with E-state index in [1.165, 1.54) is 7.11 Å². The molecule has 0 amide bonds. The van der Waals surface area contributed by atoms with Crippen LogP contribution in [0.25, 0.3) is 22.6 Å². The lowest BCUT2D eigenvalue weighted by molar-refractivity contribution is -0.142. The van der Waals surface area contributed by atoms with Crippen molar-refractivity contribution in [3.63, 3.8) is 0 Å². The molecule has 0 aliphatic heterocycles. The fourth-order valence-corrected chi connectivity index (χ4v) is 3.94. The zero-order valence-electron chi connectivity index (χ0n) is 17.4. The molecule has 3 aromatic carbocycles. The summed E-state index contributed by atoms with van der Waals surface area (Å²) >= 11 is 13.0. The number of para-hydroxylation sites is 1. The van der Waals surface area contributed by atoms with Gasteiger partial charge in [-0.15, -0.1) is 0 Å². The van der Waals surface area contributed by atoms with Crippen molar-refractivity contribution in [3.05, 3.63) is 76.3 Å². The first-order valence-electron chi connectivity index (χ1n) is 9.86. The fraction of sp³-hybridized carbons (Fsp3) is 0.167. The van der Waals surface area contributed by atoms with Gasteiger partial charge < -0.3 is 19.2 Å². The number of hydrogen-bond acceptors (Lipinski definition) is 6. The van der Waals surface area contributed by atoms with Gasteiger partial charge >= 0.3 is 5.97 Å². The molecule has 6 nitrogen and oxygen atoms in total. The Bertz CT molecular complexity index is 1230. The second kappa shape index (κ2) is 9.61. The molecule has 1 aromatic heterocycles. The Labute approximate surface area is 195 Å². The van der Waals surface area contributed by atoms with Crippen LogP contribution in [0.5, 0.6) is 11.5 Å². The smallest absolute Gasteiger partial charge is 0.323 e. The van der Waals surface area contributed by atoms with E-state index in [1.807, 2.05) is 42.5 Å². The molecule has 1 atom stereocenters. The molecule has 0 spiro atoms. The van der Waals surface area contributed by atoms with E-state index in [0.717, 1.165) is 11.1 Å². The zero-order chi connectivity index (χ0) is 22.7. The molecule has 1 N–H and O–H groups in total. The van der Waals surface area contributed by atoms with Crippen LogP contribution >= 0.6 is 23.2 Å². The second-order valence-electron chi connectivity index (χ2n) is 7.05. The van der Waals surface area contributed by atoms with Gasteiger partial charge in [-0.1, -0.05) is 47.5 Å². The maximum absolute atomic E-state index is 11.9. The van der Waals surface area contributed by atoms with Gasteiger partial charge in [0, 0.05) is 5.56 Å². The predicted molar refractivity (Wildman–Crippen MR) is 125 cm³/mol. The number of hydrogen-bond donors (Lipinski definition) is 1. The molecule has 1 unspecified atom stereocenters. The minimum absolute atomic E-state index is 0.293. The first-order valence-corrected chi connectivity index (χ1v) is 10.6. The number of benzene rings is 3. The number of nitrogens with one attached hydrogen (secondary N) is 1. The van der Waals surface area contributed by atoms with Crippen LogP contribution in [0.3, 0.4) is 0 Å². The van der Waals surface area contributed by atoms with Crippen LogP contribution in [0.4, 0.5) is 0 Å². The topological polar surface area (TPSA) is 73.6 Å². The molecule has 0 fully saturated rings. The average Bonchev–Trinajstić information content (AvgIpc) is 3.25. The summed E-state index contributed by atoms with van der Waals surface area (Å²) in [7, 11) is 3.03. The van der Waals surface area contributed by atoms with E-state index in [9.17, 15) is 4.79 Å². The number of nitrogens with zero attached hydrogens (tertiary/aromatic N) is 1. The number of esters is 1. The molecule has 0 saturated carbocycles. The molecule has 164 valence electrons. The molecule has 0 radical (unpaired) electrons. The maximum atomic E-state index is 11.9. The van der Waals surface area contributed by atoms with E-state index in [4.69, 9.17) is 37.1 Å². The molecule has 8 heteroatoms. The van der Waals surface area contributed by atoms with Crippen LogP contribution in [-0.4, -0.2) is 31.2 Å². The first-order chi connectivity index (χ1) is 15.5. The molecule has 0 aliphatic carbocycles. The van der Waals surface area contributed by atoms with Gasteiger partial charge in [-0.2, -0.15) is 0 Å². The van der Waals surface area contributed by atoms with Crippen LogP contribution in [-0.2, 0) is 16.0 Å². The van der Waals surface area contributed by atoms with Crippen LogP contribution in [0.1, 0.15) is 5.56 Å². The molecule has 0 aliphatic rings. The summed E-state index contributed by atoms with van der Waals surface area (Å²) in [5, 5.41) is 3.54. The van der Waals surface area contributed by atoms with E-state index in [-0.39, 0.29) is 5.97 Å². The molecule has 0 saturated heterocycles. The molecular weight excluding hydrogens is 451 g/mol. The highest BCUT2D eigenvalue weighted by Crippen LogP contribution is 2.40. The highest BCUT2D eigenvalue weighted by molar-refractivity contribution is 6.37. The number of oxazole rings is 1. The summed E-state index contributed by atoms with van der Waals surface area (Å²) in [5.74, 6) is 0.856. The van der Waals surface area contributed by atoms with Crippen LogP contribution in [0.15, 0.2) is 65.1 Å². The lowest BCUT2D eigenvalue weighted by Gasteiger charge is -2.15. The number of methoxy groups -OCH3 is 1. The Morgan fingerprint density at radius 3 is 2.47 bits per heavy atom. The van der Waals surface area contributed by atoms with Crippen molar-refractivity contribution in [2.24, 2.45) is 0 Å². The third kappa shape index (κ3) is 4.58. The van der Waals surface area contributed by atoms with Crippen molar-refractivity contribution in [2.45, 2.75) is 12.5 Å². The lowest BCUT2D eigenvalue weighted by atomic mass is 10.1. The van der Waals surface area contributed by atoms with Gasteiger partial charge in [0.25, 0.3) is 0 Å². The Morgan fingerprint density at radius 2 is 1.81 bits per heavy atom. The lowest BCUT2D eigenvalue weighted by Crippen LogP contribution is -2.36. The van der Waals surface area contributed by atoms with Gasteiger partial charge in [0.15, 0.2) is 17.1 Å². The Balaban J connectivity index is 1.64. The largest absolute Gasteiger partial charge is 0.468 e. The normalized spacial score (nSPS) is 12.0. The van der Waals surface area contributed by atoms with Crippen LogP contribution in [0, 0.1) is 0 Å². The van der Waals surface area contributed by atoms with Gasteiger partial charge in [0.1, 0.15) is 11.6 Å². The summed E-state index contributed by atoms with van der Waals surface area (Å²) in [6.07, 6.45) is 0.362. The van der Waals surface area contributed by atoms with Crippen LogP contribution < -0.4 is 10.1 Å². The summed E-state index contributed by atoms with van der Waals surface area (Å²) in [4.78, 5) is 16.4. The maximum Gasteiger partial charge on any atom is 0.323 e. The number of rotatable bonds is 7. The first kappa shape index (κ1) is 22.1. The van der Waals surface area contributed by atoms with Gasteiger partial charge in [0.05, 0.1) is 17.2 Å². The molecule has 4 rings (SSSR count). The molecule has 1 heterocycles. The van der Waals surface area contributed by atoms with Crippen molar-refractivity contribution in [3.8, 4) is 23.0 Å². The SMILES string of the molecule is CNC(Cc1cc(Cl)c(Oc2cccc3nc(-c4ccccc4)oc23)c(Cl)c1)C(=O)OC. The summed E-state index contributed by atoms with van der Waals surface area (Å²) in [6, 6.07) is 17.9. The van der Waals surface area contributed by atoms with E-state index in [2.05, 4.69) is 10.3 Å². The number of likely N-dealkylation sites (N-methyl/N-ethyl adjacent to an activating group) is 1. The van der Waals surface area contributed by atoms with Gasteiger partial charge in [-0.05, 0) is 55.4 Å². The van der Waals surface area contributed by atoms with Crippen molar-refractivity contribution >= 4 is 40.3 Å². The van der Waals surface area contributed by atoms with E-state index < -0.39 is 6.04 Å². The van der Waals surface area contributed by atoms with Gasteiger partial charge in [-0.3, -0.25) is 4.79 Å². The molecule has 0 bridgehead atoms. The summed E-state index contributed by atoms with van der Waals surface area (Å²) in [6.45, 7) is 0. The number of carbonyl (C=O) groups is 1. The van der Waals surface area contributed by atoms with Gasteiger partial charge in [-0.25, -0.2) is 4.98 Å². The van der Waals surface area contributed by atoms with E-state index in [0.29, 0.717) is 45.0 Å². The average molecular weight is 471 g/mol. The van der Waals surface area contributed by atoms with Gasteiger partial charge in [0.2, 0.25) is 5.89 Å². The highest BCUT2D eigenvalue weighted by Gasteiger charge is 2.20. The number of halogens is 2. The Hall–Kier alpha value is -3.06. The number of carbonyl (C=O) groups excluding carboxylic acids is 1. The van der Waals surface area contributed by atoms with E-state index in [1.54, 1.807) is 25.2 Å². The minimum Gasteiger partial charge on any atom is -0.468 e. The third-order valence-electron chi connectivity index (χ3n) is 4.94. The van der Waals surface area contributed by atoms with Crippen LogP contribution in [0.2, 0.25) is 10.0 Å². The number of fused-ring (bicyclic) bond motifs is 1. The second-order valence-corrected chi connectivity index (χ2v) is 7.86. The van der Waals surface area contributed by atoms with Crippen molar-refractivity contribution in [1.82, 2.24) is 10.3 Å². The molecular formula is C24H20Cl2N2O4. The monoisotopic (exact) mass is 470 g/mol. The van der Waals surface area contributed by atoms with E-state index >= 15 is 0 Å². The predicted octanol–water partition coefficient (Wildman–Crippen LogP) is 5.90. The summed E-state index contributed by atoms with van der Waals surface area (Å²) < 4.78 is 16.8. The highest BCUT2D eigenvalue weighted by atomic mass is 35.5. The van der Waals surface area contributed by atoms with Crippen molar-refractivity contribution < 1.29 is 18.7 Å². The Morgan fingerprint density at radius 1 is 1.09 bits per heavy atom. The fourth-order valence-electron chi connectivity index (χ4n) is 3.33. The van der Waals surface area contributed by atoms with Crippen molar-refractivity contribution in [2.75, 3.05) is 14.2 Å². The third-order valence-corrected chi connectivity index (χ3v) is 5.51. The standard InChI is InChI=1S/C24H20Cl2N2O4/c1-27-19(24(29)30-2)13-14-11-16(25)21(17(26)12-14)31-20-10-6-9-18-22(20)32-23(28-18)15-7-4-3-5-8-15/h3-12,19,27H,13H2,1-2H3. The Kier molecular flexibility index (Phi) is 6.65. The molecule has 32 heavy (non-hydrogen) atoms. The zero-order valence-corrected chi connectivity index (χ0v) is 18.9. The van der Waals surface area contributed by atoms with Crippen molar-refractivity contribution in [1.29, 1.82) is 0 Å². The minimum atomic E-state index is -0.516. The quantitative estimate of drug-likeness (QED) is 0.339. The number of ether oxygens (including phenoxy) is 2. The molecule has 4 aromatic rings. The number of aromatic nitrogens is 1. The summed E-state index contributed by atoms with van der Waals surface area (Å²) in [5.41, 5.74) is 2.77.